The average Bonchev–Trinajstić information content (AvgIpc) is 3.10. The van der Waals surface area contributed by atoms with Gasteiger partial charge in [-0.05, 0) is 36.5 Å². The van der Waals surface area contributed by atoms with Gasteiger partial charge in [-0.1, -0.05) is 12.1 Å². The molecule has 1 saturated carbocycles. The van der Waals surface area contributed by atoms with Gasteiger partial charge in [0, 0.05) is 0 Å². The Morgan fingerprint density at radius 2 is 2.06 bits per heavy atom. The van der Waals surface area contributed by atoms with Gasteiger partial charge in [0.05, 0.1) is 23.6 Å². The molecule has 0 unspecified atom stereocenters. The Bertz CT molecular complexity index is 569. The van der Waals surface area contributed by atoms with E-state index in [1.807, 2.05) is 12.1 Å². The van der Waals surface area contributed by atoms with Crippen molar-refractivity contribution in [1.29, 1.82) is 0 Å². The molecule has 1 aliphatic carbocycles. The lowest BCUT2D eigenvalue weighted by Gasteiger charge is -2.06. The molecule has 0 spiro atoms. The van der Waals surface area contributed by atoms with E-state index in [9.17, 15) is 4.79 Å². The molecular formula is C13H14N4O. The van der Waals surface area contributed by atoms with Crippen LogP contribution in [0.4, 0.5) is 5.69 Å². The van der Waals surface area contributed by atoms with Crippen LogP contribution in [0.1, 0.15) is 34.7 Å². The van der Waals surface area contributed by atoms with Crippen molar-refractivity contribution in [1.82, 2.24) is 9.89 Å². The van der Waals surface area contributed by atoms with Crippen LogP contribution in [0.5, 0.6) is 0 Å². The number of amides is 1. The summed E-state index contributed by atoms with van der Waals surface area (Å²) < 4.78 is 0. The first-order chi connectivity index (χ1) is 8.72. The van der Waals surface area contributed by atoms with E-state index in [0.29, 0.717) is 5.56 Å². The molecule has 92 valence electrons. The molecule has 2 aromatic rings. The van der Waals surface area contributed by atoms with Crippen LogP contribution in [0.3, 0.4) is 0 Å². The first kappa shape index (κ1) is 10.8. The number of carbonyl (C=O) groups is 1. The highest BCUT2D eigenvalue weighted by Crippen LogP contribution is 2.40. The zero-order valence-corrected chi connectivity index (χ0v) is 9.84. The Morgan fingerprint density at radius 1 is 1.33 bits per heavy atom. The van der Waals surface area contributed by atoms with Gasteiger partial charge in [-0.2, -0.15) is 9.89 Å². The Balaban J connectivity index is 1.72. The lowest BCUT2D eigenvalue weighted by atomic mass is 10.1. The number of anilines is 1. The van der Waals surface area contributed by atoms with E-state index in [-0.39, 0.29) is 0 Å². The van der Waals surface area contributed by atoms with Crippen molar-refractivity contribution in [2.75, 3.05) is 5.43 Å². The molecule has 3 rings (SSSR count). The maximum absolute atomic E-state index is 10.9. The highest BCUT2D eigenvalue weighted by atomic mass is 16.1. The molecule has 0 bridgehead atoms. The second-order valence-corrected chi connectivity index (χ2v) is 4.55. The van der Waals surface area contributed by atoms with E-state index in [4.69, 9.17) is 5.73 Å². The Kier molecular flexibility index (Phi) is 2.51. The second-order valence-electron chi connectivity index (χ2n) is 4.55. The van der Waals surface area contributed by atoms with Crippen LogP contribution >= 0.6 is 0 Å². The van der Waals surface area contributed by atoms with E-state index in [1.54, 1.807) is 6.20 Å². The van der Waals surface area contributed by atoms with Gasteiger partial charge in [0.1, 0.15) is 0 Å². The summed E-state index contributed by atoms with van der Waals surface area (Å²) in [5.41, 5.74) is 10.9. The minimum absolute atomic E-state index is 0.386. The van der Waals surface area contributed by atoms with E-state index in [2.05, 4.69) is 22.7 Å². The second kappa shape index (κ2) is 4.18. The molecule has 0 saturated heterocycles. The fourth-order valence-electron chi connectivity index (χ4n) is 1.89. The summed E-state index contributed by atoms with van der Waals surface area (Å²) in [5, 5.41) is 4.01. The van der Waals surface area contributed by atoms with E-state index < -0.39 is 5.91 Å². The van der Waals surface area contributed by atoms with Crippen LogP contribution in [0.15, 0.2) is 36.7 Å². The van der Waals surface area contributed by atoms with E-state index in [0.717, 1.165) is 11.6 Å². The van der Waals surface area contributed by atoms with Gasteiger partial charge in [0.2, 0.25) is 0 Å². The first-order valence-electron chi connectivity index (χ1n) is 5.94. The zero-order valence-electron chi connectivity index (χ0n) is 9.84. The molecule has 5 nitrogen and oxygen atoms in total. The number of nitrogens with one attached hydrogen (secondary N) is 1. The Hall–Kier alpha value is -2.30. The number of benzene rings is 1. The van der Waals surface area contributed by atoms with Crippen LogP contribution in [0, 0.1) is 0 Å². The van der Waals surface area contributed by atoms with Crippen LogP contribution in [-0.4, -0.2) is 15.8 Å². The summed E-state index contributed by atoms with van der Waals surface area (Å²) in [4.78, 5) is 12.4. The van der Waals surface area contributed by atoms with Gasteiger partial charge in [-0.25, -0.2) is 0 Å². The van der Waals surface area contributed by atoms with Crippen molar-refractivity contribution in [3.05, 3.63) is 47.8 Å². The molecule has 3 N–H and O–H groups in total. The molecule has 1 aliphatic rings. The SMILES string of the molecule is NC(=O)c1cnn(Nc2ccc(C3CC3)cc2)c1. The third-order valence-corrected chi connectivity index (χ3v) is 3.07. The number of hydrogen-bond donors (Lipinski definition) is 2. The topological polar surface area (TPSA) is 72.9 Å². The number of nitrogens with zero attached hydrogens (tertiary/aromatic N) is 2. The predicted octanol–water partition coefficient (Wildman–Crippen LogP) is 1.73. The summed E-state index contributed by atoms with van der Waals surface area (Å²) in [6.07, 6.45) is 5.60. The summed E-state index contributed by atoms with van der Waals surface area (Å²) in [6, 6.07) is 8.27. The van der Waals surface area contributed by atoms with Crippen molar-refractivity contribution in [3.8, 4) is 0 Å². The lowest BCUT2D eigenvalue weighted by molar-refractivity contribution is 0.100. The van der Waals surface area contributed by atoms with Gasteiger partial charge in [-0.15, -0.1) is 0 Å². The number of aromatic nitrogens is 2. The van der Waals surface area contributed by atoms with Gasteiger partial charge < -0.3 is 5.73 Å². The lowest BCUT2D eigenvalue weighted by Crippen LogP contribution is -2.11. The molecule has 1 aromatic carbocycles. The monoisotopic (exact) mass is 242 g/mol. The molecule has 0 radical (unpaired) electrons. The minimum Gasteiger partial charge on any atom is -0.365 e. The average molecular weight is 242 g/mol. The van der Waals surface area contributed by atoms with Gasteiger partial charge in [0.15, 0.2) is 0 Å². The van der Waals surface area contributed by atoms with Crippen LogP contribution in [-0.2, 0) is 0 Å². The molecule has 1 amide bonds. The molecule has 1 heterocycles. The number of carbonyl (C=O) groups excluding carboxylic acids is 1. The smallest absolute Gasteiger partial charge is 0.251 e. The molecule has 1 aromatic heterocycles. The Labute approximate surface area is 105 Å². The van der Waals surface area contributed by atoms with Gasteiger partial charge in [0.25, 0.3) is 5.91 Å². The highest BCUT2D eigenvalue weighted by molar-refractivity contribution is 5.92. The molecule has 0 atom stereocenters. The molecule has 0 aliphatic heterocycles. The minimum atomic E-state index is -0.480. The summed E-state index contributed by atoms with van der Waals surface area (Å²) in [7, 11) is 0. The van der Waals surface area contributed by atoms with E-state index >= 15 is 0 Å². The number of primary amides is 1. The summed E-state index contributed by atoms with van der Waals surface area (Å²) in [6.45, 7) is 0. The predicted molar refractivity (Wildman–Crippen MR) is 68.2 cm³/mol. The number of rotatable bonds is 4. The number of hydrogen-bond acceptors (Lipinski definition) is 3. The molecule has 1 fully saturated rings. The fraction of sp³-hybridized carbons (Fsp3) is 0.231. The third-order valence-electron chi connectivity index (χ3n) is 3.07. The molecular weight excluding hydrogens is 228 g/mol. The van der Waals surface area contributed by atoms with Crippen molar-refractivity contribution in [3.63, 3.8) is 0 Å². The quantitative estimate of drug-likeness (QED) is 0.857. The van der Waals surface area contributed by atoms with Gasteiger partial charge in [-0.3, -0.25) is 10.2 Å². The van der Waals surface area contributed by atoms with Crippen LogP contribution in [0.2, 0.25) is 0 Å². The van der Waals surface area contributed by atoms with Crippen LogP contribution in [0.25, 0.3) is 0 Å². The summed E-state index contributed by atoms with van der Waals surface area (Å²) >= 11 is 0. The van der Waals surface area contributed by atoms with Crippen molar-refractivity contribution >= 4 is 11.6 Å². The fourth-order valence-corrected chi connectivity index (χ4v) is 1.89. The molecule has 18 heavy (non-hydrogen) atoms. The number of nitrogens with two attached hydrogens (primary N) is 1. The third kappa shape index (κ3) is 2.20. The van der Waals surface area contributed by atoms with Crippen molar-refractivity contribution in [2.45, 2.75) is 18.8 Å². The largest absolute Gasteiger partial charge is 0.365 e. The molecule has 5 heteroatoms. The Morgan fingerprint density at radius 3 is 2.61 bits per heavy atom. The maximum Gasteiger partial charge on any atom is 0.251 e. The zero-order chi connectivity index (χ0) is 12.5. The van der Waals surface area contributed by atoms with Crippen LogP contribution < -0.4 is 11.2 Å². The normalized spacial score (nSPS) is 14.4. The first-order valence-corrected chi connectivity index (χ1v) is 5.94. The van der Waals surface area contributed by atoms with Crippen molar-refractivity contribution < 1.29 is 4.79 Å². The van der Waals surface area contributed by atoms with Gasteiger partial charge >= 0.3 is 0 Å². The van der Waals surface area contributed by atoms with E-state index in [1.165, 1.54) is 29.4 Å². The summed E-state index contributed by atoms with van der Waals surface area (Å²) in [5.74, 6) is 0.275. The maximum atomic E-state index is 10.9. The van der Waals surface area contributed by atoms with Crippen molar-refractivity contribution in [2.24, 2.45) is 5.73 Å². The highest BCUT2D eigenvalue weighted by Gasteiger charge is 2.22. The standard InChI is InChI=1S/C13H14N4O/c14-13(18)11-7-15-17(8-11)16-12-5-3-10(4-6-12)9-1-2-9/h3-9,16H,1-2H2,(H2,14,18).